The van der Waals surface area contributed by atoms with Gasteiger partial charge in [0.25, 0.3) is 0 Å². The number of carbonyl (C=O) groups excluding carboxylic acids is 1. The summed E-state index contributed by atoms with van der Waals surface area (Å²) in [5.41, 5.74) is 2.27. The molecule has 1 amide bonds. The van der Waals surface area contributed by atoms with E-state index in [0.717, 1.165) is 30.5 Å². The molecule has 25 heavy (non-hydrogen) atoms. The minimum Gasteiger partial charge on any atom is -0.448 e. The molecular formula is C19H20Cl2N2O2. The van der Waals surface area contributed by atoms with Crippen LogP contribution in [0.25, 0.3) is 11.1 Å². The number of benzene rings is 2. The smallest absolute Gasteiger partial charge is 0.411 e. The van der Waals surface area contributed by atoms with Gasteiger partial charge in [-0.05, 0) is 44.6 Å². The quantitative estimate of drug-likeness (QED) is 0.784. The molecule has 1 heterocycles. The largest absolute Gasteiger partial charge is 0.448 e. The molecule has 0 spiro atoms. The van der Waals surface area contributed by atoms with E-state index in [9.17, 15) is 4.79 Å². The molecule has 0 unspecified atom stereocenters. The van der Waals surface area contributed by atoms with Gasteiger partial charge < -0.3 is 9.64 Å². The Hall–Kier alpha value is -1.75. The highest BCUT2D eigenvalue weighted by Crippen LogP contribution is 2.34. The van der Waals surface area contributed by atoms with Crippen LogP contribution in [0.15, 0.2) is 42.5 Å². The minimum absolute atomic E-state index is 0.298. The van der Waals surface area contributed by atoms with Crippen molar-refractivity contribution < 1.29 is 9.53 Å². The second-order valence-corrected chi connectivity index (χ2v) is 7.01. The molecule has 3 rings (SSSR count). The van der Waals surface area contributed by atoms with Crippen molar-refractivity contribution in [1.82, 2.24) is 4.90 Å². The monoisotopic (exact) mass is 378 g/mol. The first kappa shape index (κ1) is 18.1. The van der Waals surface area contributed by atoms with E-state index >= 15 is 0 Å². The van der Waals surface area contributed by atoms with Crippen molar-refractivity contribution in [2.75, 3.05) is 25.5 Å². The van der Waals surface area contributed by atoms with Crippen molar-refractivity contribution in [2.24, 2.45) is 0 Å². The number of nitrogens with zero attached hydrogens (tertiary/aromatic N) is 1. The Morgan fingerprint density at radius 1 is 1.24 bits per heavy atom. The van der Waals surface area contributed by atoms with Gasteiger partial charge >= 0.3 is 6.09 Å². The van der Waals surface area contributed by atoms with Crippen molar-refractivity contribution >= 4 is 35.0 Å². The van der Waals surface area contributed by atoms with Gasteiger partial charge in [-0.2, -0.15) is 0 Å². The summed E-state index contributed by atoms with van der Waals surface area (Å²) in [6.07, 6.45) is 1.74. The van der Waals surface area contributed by atoms with Gasteiger partial charge in [-0.3, -0.25) is 5.32 Å². The van der Waals surface area contributed by atoms with Crippen molar-refractivity contribution in [3.63, 3.8) is 0 Å². The molecule has 0 aliphatic carbocycles. The van der Waals surface area contributed by atoms with Crippen LogP contribution in [0.1, 0.15) is 12.8 Å². The van der Waals surface area contributed by atoms with E-state index in [2.05, 4.69) is 17.3 Å². The van der Waals surface area contributed by atoms with Crippen LogP contribution in [0.3, 0.4) is 0 Å². The third-order valence-corrected chi connectivity index (χ3v) is 5.01. The molecule has 0 aromatic heterocycles. The van der Waals surface area contributed by atoms with Crippen LogP contribution in [0, 0.1) is 0 Å². The Balaban J connectivity index is 1.71. The fraction of sp³-hybridized carbons (Fsp3) is 0.316. The molecule has 1 fully saturated rings. The summed E-state index contributed by atoms with van der Waals surface area (Å²) in [7, 11) is 2.05. The lowest BCUT2D eigenvalue weighted by atomic mass is 10.0. The van der Waals surface area contributed by atoms with Gasteiger partial charge in [-0.15, -0.1) is 0 Å². The molecule has 1 N–H and O–H groups in total. The number of likely N-dealkylation sites (tertiary alicyclic amines) is 1. The van der Waals surface area contributed by atoms with Gasteiger partial charge in [0.05, 0.1) is 5.69 Å². The SMILES string of the molecule is CN1CCC[C@H]1COC(=O)Nc1ccccc1-c1ccc(Cl)cc1Cl. The topological polar surface area (TPSA) is 41.6 Å². The number of halogens is 2. The van der Waals surface area contributed by atoms with E-state index in [-0.39, 0.29) is 0 Å². The Bertz CT molecular complexity index is 767. The van der Waals surface area contributed by atoms with E-state index < -0.39 is 6.09 Å². The summed E-state index contributed by atoms with van der Waals surface area (Å²) < 4.78 is 5.39. The highest BCUT2D eigenvalue weighted by atomic mass is 35.5. The number of para-hydroxylation sites is 1. The lowest BCUT2D eigenvalue weighted by Crippen LogP contribution is -2.31. The molecule has 1 saturated heterocycles. The molecule has 2 aromatic rings. The standard InChI is InChI=1S/C19H20Cl2N2O2/c1-23-10-4-5-14(23)12-25-19(24)22-18-7-3-2-6-16(18)15-9-8-13(20)11-17(15)21/h2-3,6-9,11,14H,4-5,10,12H2,1H3,(H,22,24)/t14-/m0/s1. The van der Waals surface area contributed by atoms with Gasteiger partial charge in [0.15, 0.2) is 0 Å². The Kier molecular flexibility index (Phi) is 5.84. The molecule has 6 heteroatoms. The summed E-state index contributed by atoms with van der Waals surface area (Å²) in [4.78, 5) is 14.4. The number of hydrogen-bond donors (Lipinski definition) is 1. The van der Waals surface area contributed by atoms with E-state index in [1.54, 1.807) is 12.1 Å². The van der Waals surface area contributed by atoms with E-state index in [4.69, 9.17) is 27.9 Å². The lowest BCUT2D eigenvalue weighted by Gasteiger charge is -2.19. The third kappa shape index (κ3) is 4.46. The maximum Gasteiger partial charge on any atom is 0.411 e. The van der Waals surface area contributed by atoms with Crippen LogP contribution >= 0.6 is 23.2 Å². The van der Waals surface area contributed by atoms with Crippen LogP contribution in [0.2, 0.25) is 10.0 Å². The second-order valence-electron chi connectivity index (χ2n) is 6.17. The maximum atomic E-state index is 12.2. The number of amides is 1. The molecule has 1 atom stereocenters. The van der Waals surface area contributed by atoms with E-state index in [1.165, 1.54) is 0 Å². The van der Waals surface area contributed by atoms with Gasteiger partial charge in [0, 0.05) is 27.2 Å². The minimum atomic E-state index is -0.460. The van der Waals surface area contributed by atoms with Crippen LogP contribution in [0.5, 0.6) is 0 Å². The lowest BCUT2D eigenvalue weighted by molar-refractivity contribution is 0.127. The average Bonchev–Trinajstić information content (AvgIpc) is 2.99. The molecule has 0 bridgehead atoms. The summed E-state index contributed by atoms with van der Waals surface area (Å²) in [5, 5.41) is 3.92. The molecule has 4 nitrogen and oxygen atoms in total. The Morgan fingerprint density at radius 3 is 2.76 bits per heavy atom. The molecular weight excluding hydrogens is 359 g/mol. The first-order valence-electron chi connectivity index (χ1n) is 8.23. The molecule has 0 radical (unpaired) electrons. The number of anilines is 1. The number of likely N-dealkylation sites (N-methyl/N-ethyl adjacent to an activating group) is 1. The van der Waals surface area contributed by atoms with Crippen LogP contribution in [-0.2, 0) is 4.74 Å². The average molecular weight is 379 g/mol. The van der Waals surface area contributed by atoms with E-state index in [1.807, 2.05) is 30.3 Å². The summed E-state index contributed by atoms with van der Waals surface area (Å²) in [6.45, 7) is 1.44. The van der Waals surface area contributed by atoms with Crippen molar-refractivity contribution in [2.45, 2.75) is 18.9 Å². The van der Waals surface area contributed by atoms with Crippen LogP contribution in [0.4, 0.5) is 10.5 Å². The highest BCUT2D eigenvalue weighted by molar-refractivity contribution is 6.36. The Labute approximate surface area is 157 Å². The van der Waals surface area contributed by atoms with Gasteiger partial charge in [0.1, 0.15) is 6.61 Å². The van der Waals surface area contributed by atoms with Gasteiger partial charge in [-0.25, -0.2) is 4.79 Å². The molecule has 132 valence electrons. The summed E-state index contributed by atoms with van der Waals surface area (Å²) in [6, 6.07) is 13.1. The highest BCUT2D eigenvalue weighted by Gasteiger charge is 2.22. The molecule has 0 saturated carbocycles. The fourth-order valence-electron chi connectivity index (χ4n) is 3.04. The third-order valence-electron chi connectivity index (χ3n) is 4.46. The van der Waals surface area contributed by atoms with Crippen LogP contribution < -0.4 is 5.32 Å². The first-order chi connectivity index (χ1) is 12.0. The maximum absolute atomic E-state index is 12.2. The molecule has 1 aliphatic heterocycles. The van der Waals surface area contributed by atoms with Gasteiger partial charge in [0.2, 0.25) is 0 Å². The zero-order valence-corrected chi connectivity index (χ0v) is 15.5. The molecule has 2 aromatic carbocycles. The second kappa shape index (κ2) is 8.09. The number of nitrogens with one attached hydrogen (secondary N) is 1. The molecule has 1 aliphatic rings. The van der Waals surface area contributed by atoms with Crippen molar-refractivity contribution in [3.8, 4) is 11.1 Å². The first-order valence-corrected chi connectivity index (χ1v) is 8.98. The zero-order chi connectivity index (χ0) is 17.8. The van der Waals surface area contributed by atoms with Crippen molar-refractivity contribution in [3.05, 3.63) is 52.5 Å². The van der Waals surface area contributed by atoms with E-state index in [0.29, 0.717) is 28.4 Å². The van der Waals surface area contributed by atoms with Crippen molar-refractivity contribution in [1.29, 1.82) is 0 Å². The number of rotatable bonds is 4. The number of ether oxygens (including phenoxy) is 1. The van der Waals surface area contributed by atoms with Crippen LogP contribution in [-0.4, -0.2) is 37.2 Å². The summed E-state index contributed by atoms with van der Waals surface area (Å²) in [5.74, 6) is 0. The fourth-order valence-corrected chi connectivity index (χ4v) is 3.55. The summed E-state index contributed by atoms with van der Waals surface area (Å²) >= 11 is 12.3. The number of carbonyl (C=O) groups is 1. The normalized spacial score (nSPS) is 17.5. The zero-order valence-electron chi connectivity index (χ0n) is 14.0. The predicted octanol–water partition coefficient (Wildman–Crippen LogP) is 5.30. The van der Waals surface area contributed by atoms with Gasteiger partial charge in [-0.1, -0.05) is 47.5 Å². The predicted molar refractivity (Wildman–Crippen MR) is 103 cm³/mol. The number of hydrogen-bond acceptors (Lipinski definition) is 3. The Morgan fingerprint density at radius 2 is 2.04 bits per heavy atom.